The van der Waals surface area contributed by atoms with Gasteiger partial charge in [0.25, 0.3) is 0 Å². The third kappa shape index (κ3) is 6.01. The highest BCUT2D eigenvalue weighted by Gasteiger charge is 2.23. The molecule has 0 saturated heterocycles. The van der Waals surface area contributed by atoms with E-state index in [4.69, 9.17) is 16.6 Å². The van der Waals surface area contributed by atoms with Gasteiger partial charge in [-0.3, -0.25) is 0 Å². The molecule has 0 amide bonds. The third-order valence-corrected chi connectivity index (χ3v) is 6.84. The molecule has 0 bridgehead atoms. The monoisotopic (exact) mass is 530 g/mol. The number of hydrogen-bond donors (Lipinski definition) is 1. The summed E-state index contributed by atoms with van der Waals surface area (Å²) in [4.78, 5) is 18.8. The van der Waals surface area contributed by atoms with Crippen LogP contribution in [0.1, 0.15) is 40.2 Å². The summed E-state index contributed by atoms with van der Waals surface area (Å²) in [6.07, 6.45) is 4.86. The van der Waals surface area contributed by atoms with Gasteiger partial charge in [0, 0.05) is 47.4 Å². The zero-order valence-electron chi connectivity index (χ0n) is 22.8. The molecule has 1 aliphatic heterocycles. The van der Waals surface area contributed by atoms with E-state index in [1.807, 2.05) is 31.2 Å². The van der Waals surface area contributed by atoms with E-state index in [2.05, 4.69) is 66.0 Å². The highest BCUT2D eigenvalue weighted by atomic mass is 32.1. The molecule has 1 N–H and O–H groups in total. The molecule has 1 atom stereocenters. The van der Waals surface area contributed by atoms with Crippen LogP contribution in [0.25, 0.3) is 27.9 Å². The van der Waals surface area contributed by atoms with Crippen LogP contribution < -0.4 is 14.8 Å². The minimum absolute atomic E-state index is 0.112. The number of carboxylic acids is 1. The van der Waals surface area contributed by atoms with Crippen LogP contribution in [-0.4, -0.2) is 48.5 Å². The van der Waals surface area contributed by atoms with Gasteiger partial charge in [-0.25, -0.2) is 14.4 Å². The van der Waals surface area contributed by atoms with E-state index in [9.17, 15) is 9.90 Å². The van der Waals surface area contributed by atoms with Gasteiger partial charge in [0.15, 0.2) is 0 Å². The molecule has 7 heteroatoms. The van der Waals surface area contributed by atoms with Gasteiger partial charge in [0.2, 0.25) is 5.36 Å². The molecular weight excluding hydrogens is 494 g/mol. The van der Waals surface area contributed by atoms with Crippen molar-refractivity contribution in [3.63, 3.8) is 0 Å². The Balaban J connectivity index is 2.50. The smallest absolute Gasteiger partial charge is 0.336 e. The Morgan fingerprint density at radius 3 is 2.47 bits per heavy atom. The first kappa shape index (κ1) is 28.8. The number of allylic oxidation sites excluding steroid dienone is 2. The van der Waals surface area contributed by atoms with Crippen molar-refractivity contribution in [1.82, 2.24) is 4.58 Å². The SMILES string of the molecule is C=C/C(=C(\C=C/C(C)N=C=S)C(=O)O)c1c2ccc(=[N+](CC)CC)cc-2oc2cc(N(CC)CC)ccc12. The summed E-state index contributed by atoms with van der Waals surface area (Å²) in [5, 5.41) is 14.4. The molecule has 1 heterocycles. The molecule has 1 aromatic rings. The summed E-state index contributed by atoms with van der Waals surface area (Å²) in [6, 6.07) is 11.9. The Hall–Kier alpha value is -3.80. The number of nitrogens with zero attached hydrogens (tertiary/aromatic N) is 3. The molecule has 0 spiro atoms. The highest BCUT2D eigenvalue weighted by Crippen LogP contribution is 2.40. The average molecular weight is 531 g/mol. The Morgan fingerprint density at radius 2 is 1.89 bits per heavy atom. The number of benzene rings is 2. The van der Waals surface area contributed by atoms with E-state index in [1.165, 1.54) is 0 Å². The summed E-state index contributed by atoms with van der Waals surface area (Å²) in [7, 11) is 0. The molecule has 0 aromatic heterocycles. The average Bonchev–Trinajstić information content (AvgIpc) is 2.91. The maximum atomic E-state index is 12.5. The quantitative estimate of drug-likeness (QED) is 0.0791. The molecule has 38 heavy (non-hydrogen) atoms. The molecule has 1 unspecified atom stereocenters. The lowest BCUT2D eigenvalue weighted by Gasteiger charge is -2.22. The van der Waals surface area contributed by atoms with Gasteiger partial charge in [0.1, 0.15) is 24.4 Å². The van der Waals surface area contributed by atoms with Crippen LogP contribution in [0.3, 0.4) is 0 Å². The predicted molar refractivity (Wildman–Crippen MR) is 161 cm³/mol. The number of aliphatic carboxylic acids is 1. The van der Waals surface area contributed by atoms with Gasteiger partial charge in [-0.05, 0) is 76.7 Å². The van der Waals surface area contributed by atoms with Crippen LogP contribution in [0, 0.1) is 0 Å². The fourth-order valence-corrected chi connectivity index (χ4v) is 4.88. The summed E-state index contributed by atoms with van der Waals surface area (Å²) >= 11 is 4.70. The molecule has 2 aliphatic rings. The van der Waals surface area contributed by atoms with Gasteiger partial charge in [-0.15, -0.1) is 0 Å². The van der Waals surface area contributed by atoms with Crippen molar-refractivity contribution in [1.29, 1.82) is 0 Å². The second kappa shape index (κ2) is 13.1. The summed E-state index contributed by atoms with van der Waals surface area (Å²) < 4.78 is 8.75. The van der Waals surface area contributed by atoms with E-state index in [1.54, 1.807) is 18.2 Å². The standard InChI is InChI=1S/C31H35N3O3S/c1-7-24(25(31(35)36)15-12-21(6)32-20-38)30-26-16-13-22(33(8-2)9-3)18-28(26)37-29-19-23(14-17-27(29)30)34(10-4)11-5/h7,12-19,21H,1,8-11H2,2-6H3/p+1/b15-12-,25-24-. The largest absolute Gasteiger partial charge is 0.478 e. The van der Waals surface area contributed by atoms with Gasteiger partial charge in [-0.2, -0.15) is 0 Å². The number of aliphatic imine (C=N–C) groups is 1. The Labute approximate surface area is 230 Å². The number of hydrogen-bond acceptors (Lipinski definition) is 5. The van der Waals surface area contributed by atoms with Crippen molar-refractivity contribution < 1.29 is 14.3 Å². The zero-order valence-corrected chi connectivity index (χ0v) is 23.6. The topological polar surface area (TPSA) is 69.0 Å². The summed E-state index contributed by atoms with van der Waals surface area (Å²) in [5.74, 6) is -0.378. The number of carbonyl (C=O) groups is 1. The lowest BCUT2D eigenvalue weighted by Crippen LogP contribution is -2.29. The van der Waals surface area contributed by atoms with Crippen molar-refractivity contribution in [2.45, 2.75) is 40.7 Å². The Kier molecular flexibility index (Phi) is 9.94. The van der Waals surface area contributed by atoms with Crippen LogP contribution in [0.15, 0.2) is 76.2 Å². The minimum atomic E-state index is -1.06. The maximum absolute atomic E-state index is 12.5. The fraction of sp³-hybridized carbons (Fsp3) is 0.323. The molecule has 1 aromatic carbocycles. The third-order valence-electron chi connectivity index (χ3n) is 6.74. The van der Waals surface area contributed by atoms with E-state index < -0.39 is 5.97 Å². The number of rotatable bonds is 11. The molecule has 1 aliphatic carbocycles. The van der Waals surface area contributed by atoms with Crippen LogP contribution in [0.5, 0.6) is 0 Å². The first-order chi connectivity index (χ1) is 18.3. The predicted octanol–water partition coefficient (Wildman–Crippen LogP) is 6.27. The second-order valence-electron chi connectivity index (χ2n) is 8.84. The number of fused-ring (bicyclic) bond motifs is 2. The molecule has 198 valence electrons. The minimum Gasteiger partial charge on any atom is -0.478 e. The molecule has 0 radical (unpaired) electrons. The van der Waals surface area contributed by atoms with Crippen LogP contribution in [0.2, 0.25) is 0 Å². The van der Waals surface area contributed by atoms with Gasteiger partial charge < -0.3 is 14.4 Å². The lowest BCUT2D eigenvalue weighted by atomic mass is 9.90. The number of carboxylic acid groups (broad SMARTS) is 1. The van der Waals surface area contributed by atoms with Crippen molar-refractivity contribution >= 4 is 45.6 Å². The fourth-order valence-electron chi connectivity index (χ4n) is 4.71. The molecule has 6 nitrogen and oxygen atoms in total. The van der Waals surface area contributed by atoms with Crippen molar-refractivity contribution in [3.05, 3.63) is 77.7 Å². The highest BCUT2D eigenvalue weighted by molar-refractivity contribution is 7.78. The summed E-state index contributed by atoms with van der Waals surface area (Å²) in [6.45, 7) is 17.7. The zero-order chi connectivity index (χ0) is 27.8. The Morgan fingerprint density at radius 1 is 1.18 bits per heavy atom. The molecular formula is C31H36N3O3S+. The van der Waals surface area contributed by atoms with Crippen molar-refractivity contribution in [2.75, 3.05) is 31.1 Å². The van der Waals surface area contributed by atoms with Crippen molar-refractivity contribution in [3.8, 4) is 11.3 Å². The van der Waals surface area contributed by atoms with Gasteiger partial charge >= 0.3 is 5.97 Å². The Bertz CT molecular complexity index is 1480. The maximum Gasteiger partial charge on any atom is 0.336 e. The second-order valence-corrected chi connectivity index (χ2v) is 9.02. The van der Waals surface area contributed by atoms with E-state index in [0.29, 0.717) is 16.9 Å². The van der Waals surface area contributed by atoms with Crippen LogP contribution in [0.4, 0.5) is 5.69 Å². The number of isothiocyanates is 1. The lowest BCUT2D eigenvalue weighted by molar-refractivity contribution is -0.132. The van der Waals surface area contributed by atoms with Crippen LogP contribution in [-0.2, 0) is 4.79 Å². The van der Waals surface area contributed by atoms with Gasteiger partial charge in [-0.1, -0.05) is 18.7 Å². The molecule has 3 rings (SSSR count). The first-order valence-corrected chi connectivity index (χ1v) is 13.4. The van der Waals surface area contributed by atoms with Gasteiger partial charge in [0.05, 0.1) is 22.8 Å². The summed E-state index contributed by atoms with van der Waals surface area (Å²) in [5.41, 5.74) is 3.92. The van der Waals surface area contributed by atoms with Crippen molar-refractivity contribution in [2.24, 2.45) is 4.99 Å². The normalized spacial score (nSPS) is 12.8. The molecule has 0 fully saturated rings. The van der Waals surface area contributed by atoms with E-state index in [0.717, 1.165) is 53.7 Å². The first-order valence-electron chi connectivity index (χ1n) is 13.0. The van der Waals surface area contributed by atoms with Crippen LogP contribution >= 0.6 is 12.2 Å². The number of anilines is 1. The van der Waals surface area contributed by atoms with E-state index >= 15 is 0 Å². The van der Waals surface area contributed by atoms with E-state index in [-0.39, 0.29) is 11.6 Å². The molecule has 0 saturated carbocycles. The number of thiocarbonyl (C=S) groups is 1.